The number of allylic oxidation sites excluding steroid dienone is 1. The van der Waals surface area contributed by atoms with Crippen molar-refractivity contribution in [2.45, 2.75) is 109 Å². The summed E-state index contributed by atoms with van der Waals surface area (Å²) in [7, 11) is 0. The highest BCUT2D eigenvalue weighted by molar-refractivity contribution is 4.67. The highest BCUT2D eigenvalue weighted by Crippen LogP contribution is 2.18. The van der Waals surface area contributed by atoms with Gasteiger partial charge in [-0.3, -0.25) is 4.98 Å². The van der Waals surface area contributed by atoms with Crippen molar-refractivity contribution in [1.29, 1.82) is 0 Å². The van der Waals surface area contributed by atoms with Gasteiger partial charge >= 0.3 is 0 Å². The summed E-state index contributed by atoms with van der Waals surface area (Å²) < 4.78 is 2.36. The van der Waals surface area contributed by atoms with Crippen LogP contribution in [0.5, 0.6) is 0 Å². The Kier molecular flexibility index (Phi) is 13.5. The second-order valence-electron chi connectivity index (χ2n) is 7.26. The van der Waals surface area contributed by atoms with E-state index in [-0.39, 0.29) is 0 Å². The predicted molar refractivity (Wildman–Crippen MR) is 105 cm³/mol. The van der Waals surface area contributed by atoms with Crippen molar-refractivity contribution in [3.63, 3.8) is 0 Å². The molecule has 1 rings (SSSR count). The van der Waals surface area contributed by atoms with Gasteiger partial charge in [-0.15, -0.1) is 6.58 Å². The van der Waals surface area contributed by atoms with Gasteiger partial charge in [0.1, 0.15) is 18.4 Å². The molecule has 0 saturated heterocycles. The minimum Gasteiger partial charge on any atom is -0.250 e. The van der Waals surface area contributed by atoms with E-state index < -0.39 is 0 Å². The van der Waals surface area contributed by atoms with Crippen LogP contribution in [0.4, 0.5) is 0 Å². The summed E-state index contributed by atoms with van der Waals surface area (Å²) in [5, 5.41) is 0. The maximum atomic E-state index is 3.84. The van der Waals surface area contributed by atoms with E-state index in [0.717, 1.165) is 6.42 Å². The van der Waals surface area contributed by atoms with Crippen LogP contribution in [0.15, 0.2) is 31.4 Å². The number of aromatic nitrogens is 2. The lowest BCUT2D eigenvalue weighted by Gasteiger charge is -2.13. The van der Waals surface area contributed by atoms with Gasteiger partial charge in [0, 0.05) is 0 Å². The number of unbranched alkanes of at least 4 members (excludes halogenated alkanes) is 11. The largest absolute Gasteiger partial charge is 0.250 e. The molecule has 1 N–H and O–H groups in total. The monoisotopic (exact) mass is 333 g/mol. The van der Waals surface area contributed by atoms with Crippen molar-refractivity contribution < 1.29 is 4.57 Å². The molecule has 0 spiro atoms. The van der Waals surface area contributed by atoms with Gasteiger partial charge < -0.3 is 0 Å². The third-order valence-corrected chi connectivity index (χ3v) is 5.07. The lowest BCUT2D eigenvalue weighted by molar-refractivity contribution is -0.723. The number of nitrogens with one attached hydrogen (secondary N) is 1. The number of rotatable bonds is 17. The lowest BCUT2D eigenvalue weighted by Crippen LogP contribution is -2.37. The molecule has 1 aromatic heterocycles. The van der Waals surface area contributed by atoms with E-state index in [2.05, 4.69) is 35.6 Å². The topological polar surface area (TPSA) is 19.7 Å². The maximum Gasteiger partial charge on any atom is 0.241 e. The fourth-order valence-corrected chi connectivity index (χ4v) is 3.51. The average molecular weight is 334 g/mol. The van der Waals surface area contributed by atoms with Gasteiger partial charge in [0.15, 0.2) is 0 Å². The molecule has 1 aromatic rings. The molecule has 0 amide bonds. The molecule has 0 aliphatic heterocycles. The summed E-state index contributed by atoms with van der Waals surface area (Å²) in [6.07, 6.45) is 29.0. The van der Waals surface area contributed by atoms with E-state index >= 15 is 0 Å². The zero-order valence-electron chi connectivity index (χ0n) is 16.1. The van der Waals surface area contributed by atoms with Crippen LogP contribution >= 0.6 is 0 Å². The molecular formula is C22H41N2+. The van der Waals surface area contributed by atoms with Crippen LogP contribution in [0.3, 0.4) is 0 Å². The van der Waals surface area contributed by atoms with E-state index in [1.807, 2.05) is 12.3 Å². The first-order valence-corrected chi connectivity index (χ1v) is 10.5. The second kappa shape index (κ2) is 15.5. The SMILES string of the molecule is C=CCCCC(CCCCCCCCCCCCC)[n+]1cc[nH]c1. The number of hydrogen-bond acceptors (Lipinski definition) is 0. The average Bonchev–Trinajstić information content (AvgIpc) is 3.12. The number of imidazole rings is 1. The fraction of sp³-hybridized carbons (Fsp3) is 0.773. The molecule has 2 heteroatoms. The summed E-state index contributed by atoms with van der Waals surface area (Å²) in [6, 6.07) is 0.662. The predicted octanol–water partition coefficient (Wildman–Crippen LogP) is 6.90. The lowest BCUT2D eigenvalue weighted by atomic mass is 10.0. The second-order valence-corrected chi connectivity index (χ2v) is 7.26. The first-order chi connectivity index (χ1) is 11.9. The number of H-pyrrole nitrogens is 1. The van der Waals surface area contributed by atoms with Crippen LogP contribution in [0.1, 0.15) is 109 Å². The molecule has 2 nitrogen and oxygen atoms in total. The molecule has 0 saturated carbocycles. The van der Waals surface area contributed by atoms with E-state index in [0.29, 0.717) is 6.04 Å². The van der Waals surface area contributed by atoms with Crippen LogP contribution in [0, 0.1) is 0 Å². The van der Waals surface area contributed by atoms with Gasteiger partial charge in [0.25, 0.3) is 0 Å². The number of aromatic amines is 1. The Balaban J connectivity index is 2.01. The Labute approximate surface area is 150 Å². The zero-order valence-corrected chi connectivity index (χ0v) is 16.1. The maximum absolute atomic E-state index is 3.84. The molecule has 1 atom stereocenters. The molecule has 1 unspecified atom stereocenters. The Hall–Kier alpha value is -1.05. The highest BCUT2D eigenvalue weighted by atomic mass is 15.0. The molecule has 24 heavy (non-hydrogen) atoms. The quantitative estimate of drug-likeness (QED) is 0.182. The van der Waals surface area contributed by atoms with Crippen LogP contribution < -0.4 is 4.57 Å². The minimum atomic E-state index is 0.662. The Morgan fingerprint density at radius 1 is 0.875 bits per heavy atom. The number of hydrogen-bond donors (Lipinski definition) is 1. The highest BCUT2D eigenvalue weighted by Gasteiger charge is 2.14. The van der Waals surface area contributed by atoms with Gasteiger partial charge in [-0.25, -0.2) is 4.57 Å². The van der Waals surface area contributed by atoms with Crippen LogP contribution in [-0.4, -0.2) is 4.98 Å². The van der Waals surface area contributed by atoms with Crippen molar-refractivity contribution in [3.05, 3.63) is 31.4 Å². The molecule has 0 aliphatic carbocycles. The van der Waals surface area contributed by atoms with E-state index in [1.54, 1.807) is 0 Å². The van der Waals surface area contributed by atoms with Crippen molar-refractivity contribution in [1.82, 2.24) is 4.98 Å². The summed E-state index contributed by atoms with van der Waals surface area (Å²) >= 11 is 0. The van der Waals surface area contributed by atoms with Gasteiger partial charge in [-0.05, 0) is 32.1 Å². The molecule has 0 radical (unpaired) electrons. The van der Waals surface area contributed by atoms with Gasteiger partial charge in [0.2, 0.25) is 6.33 Å². The molecule has 0 aliphatic rings. The Morgan fingerprint density at radius 2 is 1.46 bits per heavy atom. The molecule has 138 valence electrons. The van der Waals surface area contributed by atoms with Crippen LogP contribution in [0.2, 0.25) is 0 Å². The molecular weight excluding hydrogens is 292 g/mol. The van der Waals surface area contributed by atoms with Gasteiger partial charge in [0.05, 0.1) is 0 Å². The van der Waals surface area contributed by atoms with E-state index in [9.17, 15) is 0 Å². The molecule has 0 fully saturated rings. The first kappa shape index (κ1) is 21.0. The molecule has 0 aromatic carbocycles. The normalized spacial score (nSPS) is 12.4. The molecule has 0 bridgehead atoms. The fourth-order valence-electron chi connectivity index (χ4n) is 3.51. The van der Waals surface area contributed by atoms with Crippen molar-refractivity contribution in [3.8, 4) is 0 Å². The standard InChI is InChI=1S/C22H40N2/c1-3-5-7-8-9-10-11-12-13-14-16-18-22(17-15-6-4-2)24-20-19-23-21-24/h4,19-22H,2-3,5-18H2,1H3/p+1. The zero-order chi connectivity index (χ0) is 17.3. The summed E-state index contributed by atoms with van der Waals surface area (Å²) in [6.45, 7) is 6.13. The third kappa shape index (κ3) is 10.7. The van der Waals surface area contributed by atoms with E-state index in [4.69, 9.17) is 0 Å². The molecule has 1 heterocycles. The third-order valence-electron chi connectivity index (χ3n) is 5.07. The smallest absolute Gasteiger partial charge is 0.241 e. The summed E-state index contributed by atoms with van der Waals surface area (Å²) in [5.41, 5.74) is 0. The van der Waals surface area contributed by atoms with Crippen molar-refractivity contribution in [2.75, 3.05) is 0 Å². The van der Waals surface area contributed by atoms with Crippen molar-refractivity contribution >= 4 is 0 Å². The minimum absolute atomic E-state index is 0.662. The van der Waals surface area contributed by atoms with Crippen molar-refractivity contribution in [2.24, 2.45) is 0 Å². The Morgan fingerprint density at radius 3 is 2.00 bits per heavy atom. The van der Waals surface area contributed by atoms with Crippen LogP contribution in [-0.2, 0) is 0 Å². The Bertz CT molecular complexity index is 369. The summed E-state index contributed by atoms with van der Waals surface area (Å²) in [5.74, 6) is 0. The summed E-state index contributed by atoms with van der Waals surface area (Å²) in [4.78, 5) is 3.19. The first-order valence-electron chi connectivity index (χ1n) is 10.5. The van der Waals surface area contributed by atoms with Gasteiger partial charge in [-0.2, -0.15) is 0 Å². The van der Waals surface area contributed by atoms with Gasteiger partial charge in [-0.1, -0.05) is 77.2 Å². The van der Waals surface area contributed by atoms with E-state index in [1.165, 1.54) is 89.9 Å². The number of nitrogens with zero attached hydrogens (tertiary/aromatic N) is 1. The van der Waals surface area contributed by atoms with Crippen LogP contribution in [0.25, 0.3) is 0 Å².